The molecular weight excluding hydrogens is 234 g/mol. The lowest BCUT2D eigenvalue weighted by Crippen LogP contribution is -2.37. The number of carbonyl (C=O) groups excluding carboxylic acids is 1. The number of rotatable bonds is 5. The van der Waals surface area contributed by atoms with Crippen molar-refractivity contribution in [2.24, 2.45) is 5.92 Å². The van der Waals surface area contributed by atoms with Gasteiger partial charge in [-0.15, -0.1) is 0 Å². The molecule has 1 atom stereocenters. The van der Waals surface area contributed by atoms with Crippen molar-refractivity contribution < 1.29 is 4.79 Å². The van der Waals surface area contributed by atoms with E-state index >= 15 is 0 Å². The first-order valence-electron chi connectivity index (χ1n) is 5.91. The second-order valence-electron chi connectivity index (χ2n) is 4.83. The first-order chi connectivity index (χ1) is 7.91. The van der Waals surface area contributed by atoms with E-state index in [2.05, 4.69) is 25.7 Å². The molecular formula is C14H20ClNO. The van der Waals surface area contributed by atoms with Crippen LogP contribution in [0.1, 0.15) is 31.1 Å². The second kappa shape index (κ2) is 6.18. The average Bonchev–Trinajstić information content (AvgIpc) is 2.28. The zero-order valence-corrected chi connectivity index (χ0v) is 11.7. The van der Waals surface area contributed by atoms with E-state index in [-0.39, 0.29) is 5.78 Å². The lowest BCUT2D eigenvalue weighted by molar-refractivity contribution is 0.0907. The van der Waals surface area contributed by atoms with Crippen LogP contribution >= 0.6 is 11.6 Å². The van der Waals surface area contributed by atoms with Crippen molar-refractivity contribution in [3.05, 3.63) is 34.9 Å². The van der Waals surface area contributed by atoms with Gasteiger partial charge in [-0.05, 0) is 44.2 Å². The minimum Gasteiger partial charge on any atom is -0.296 e. The summed E-state index contributed by atoms with van der Waals surface area (Å²) in [6.45, 7) is 6.91. The van der Waals surface area contributed by atoms with Crippen LogP contribution in [-0.4, -0.2) is 30.3 Å². The van der Waals surface area contributed by atoms with Gasteiger partial charge in [-0.1, -0.05) is 25.4 Å². The number of Topliss-reactive ketones (excluding diaryl/α,β-unsaturated/α-hetero) is 1. The van der Waals surface area contributed by atoms with Crippen LogP contribution in [-0.2, 0) is 0 Å². The number of hydrogen-bond donors (Lipinski definition) is 0. The minimum atomic E-state index is 0.136. The molecule has 0 aliphatic heterocycles. The molecule has 2 nitrogen and oxygen atoms in total. The maximum Gasteiger partial charge on any atom is 0.176 e. The Balaban J connectivity index is 2.63. The highest BCUT2D eigenvalue weighted by molar-refractivity contribution is 6.30. The standard InChI is InChI=1S/C14H20ClNO/c1-10(2)11(3)16(4)9-14(17)12-5-7-13(15)8-6-12/h5-8,10-11H,9H2,1-4H3. The first-order valence-corrected chi connectivity index (χ1v) is 6.28. The Hall–Kier alpha value is -0.860. The summed E-state index contributed by atoms with van der Waals surface area (Å²) in [5.41, 5.74) is 0.720. The highest BCUT2D eigenvalue weighted by Crippen LogP contribution is 2.12. The number of nitrogens with zero attached hydrogens (tertiary/aromatic N) is 1. The number of benzene rings is 1. The van der Waals surface area contributed by atoms with Gasteiger partial charge in [0.1, 0.15) is 0 Å². The SMILES string of the molecule is CC(C)C(C)N(C)CC(=O)c1ccc(Cl)cc1. The summed E-state index contributed by atoms with van der Waals surface area (Å²) < 4.78 is 0. The predicted molar refractivity (Wildman–Crippen MR) is 72.7 cm³/mol. The summed E-state index contributed by atoms with van der Waals surface area (Å²) in [5.74, 6) is 0.676. The molecule has 0 radical (unpaired) electrons. The molecule has 1 rings (SSSR count). The number of likely N-dealkylation sites (N-methyl/N-ethyl adjacent to an activating group) is 1. The van der Waals surface area contributed by atoms with Gasteiger partial charge in [0.2, 0.25) is 0 Å². The van der Waals surface area contributed by atoms with E-state index in [0.717, 1.165) is 5.56 Å². The van der Waals surface area contributed by atoms with Crippen LogP contribution in [0.5, 0.6) is 0 Å². The van der Waals surface area contributed by atoms with E-state index in [1.165, 1.54) is 0 Å². The monoisotopic (exact) mass is 253 g/mol. The van der Waals surface area contributed by atoms with Gasteiger partial charge in [-0.2, -0.15) is 0 Å². The molecule has 0 fully saturated rings. The molecule has 0 aliphatic carbocycles. The second-order valence-corrected chi connectivity index (χ2v) is 5.27. The van der Waals surface area contributed by atoms with Crippen LogP contribution in [0.2, 0.25) is 5.02 Å². The van der Waals surface area contributed by atoms with E-state index in [1.54, 1.807) is 24.3 Å². The number of halogens is 1. The Morgan fingerprint density at radius 1 is 1.24 bits per heavy atom. The fourth-order valence-corrected chi connectivity index (χ4v) is 1.73. The summed E-state index contributed by atoms with van der Waals surface area (Å²) in [6.07, 6.45) is 0. The molecule has 17 heavy (non-hydrogen) atoms. The fourth-order valence-electron chi connectivity index (χ4n) is 1.61. The highest BCUT2D eigenvalue weighted by Gasteiger charge is 2.16. The van der Waals surface area contributed by atoms with E-state index < -0.39 is 0 Å². The molecule has 0 amide bonds. The molecule has 1 aromatic carbocycles. The van der Waals surface area contributed by atoms with Gasteiger partial charge in [-0.25, -0.2) is 0 Å². The summed E-state index contributed by atoms with van der Waals surface area (Å²) in [5, 5.41) is 0.658. The smallest absolute Gasteiger partial charge is 0.176 e. The molecule has 0 spiro atoms. The van der Waals surface area contributed by atoms with Crippen molar-refractivity contribution in [1.29, 1.82) is 0 Å². The Bertz CT molecular complexity index is 372. The van der Waals surface area contributed by atoms with Crippen LogP contribution in [0.4, 0.5) is 0 Å². The molecule has 1 aromatic rings. The van der Waals surface area contributed by atoms with E-state index in [0.29, 0.717) is 23.5 Å². The maximum absolute atomic E-state index is 12.0. The van der Waals surface area contributed by atoms with Gasteiger partial charge in [-0.3, -0.25) is 9.69 Å². The van der Waals surface area contributed by atoms with E-state index in [4.69, 9.17) is 11.6 Å². The predicted octanol–water partition coefficient (Wildman–Crippen LogP) is 3.50. The zero-order valence-electron chi connectivity index (χ0n) is 10.9. The first kappa shape index (κ1) is 14.2. The van der Waals surface area contributed by atoms with Crippen LogP contribution in [0.25, 0.3) is 0 Å². The number of hydrogen-bond acceptors (Lipinski definition) is 2. The van der Waals surface area contributed by atoms with Crippen LogP contribution in [0.3, 0.4) is 0 Å². The van der Waals surface area contributed by atoms with Crippen molar-refractivity contribution in [1.82, 2.24) is 4.90 Å². The third-order valence-electron chi connectivity index (χ3n) is 3.22. The van der Waals surface area contributed by atoms with Crippen LogP contribution in [0, 0.1) is 5.92 Å². The summed E-state index contributed by atoms with van der Waals surface area (Å²) in [6, 6.07) is 7.45. The van der Waals surface area contributed by atoms with Crippen molar-refractivity contribution in [2.45, 2.75) is 26.8 Å². The average molecular weight is 254 g/mol. The summed E-state index contributed by atoms with van der Waals surface area (Å²) in [4.78, 5) is 14.1. The highest BCUT2D eigenvalue weighted by atomic mass is 35.5. The lowest BCUT2D eigenvalue weighted by atomic mass is 10.0. The topological polar surface area (TPSA) is 20.3 Å². The molecule has 3 heteroatoms. The molecule has 0 bridgehead atoms. The van der Waals surface area contributed by atoms with Crippen molar-refractivity contribution in [3.8, 4) is 0 Å². The summed E-state index contributed by atoms with van der Waals surface area (Å²) in [7, 11) is 1.98. The molecule has 0 aliphatic rings. The zero-order chi connectivity index (χ0) is 13.0. The van der Waals surface area contributed by atoms with Gasteiger partial charge < -0.3 is 0 Å². The van der Waals surface area contributed by atoms with Crippen molar-refractivity contribution in [2.75, 3.05) is 13.6 Å². The molecule has 0 heterocycles. The van der Waals surface area contributed by atoms with E-state index in [9.17, 15) is 4.79 Å². The molecule has 94 valence electrons. The van der Waals surface area contributed by atoms with Gasteiger partial charge >= 0.3 is 0 Å². The Kier molecular flexibility index (Phi) is 5.16. The third-order valence-corrected chi connectivity index (χ3v) is 3.47. The maximum atomic E-state index is 12.0. The minimum absolute atomic E-state index is 0.136. The van der Waals surface area contributed by atoms with Gasteiger partial charge in [0.15, 0.2) is 5.78 Å². The molecule has 0 saturated carbocycles. The van der Waals surface area contributed by atoms with E-state index in [1.807, 2.05) is 7.05 Å². The quantitative estimate of drug-likeness (QED) is 0.749. The van der Waals surface area contributed by atoms with Crippen LogP contribution in [0.15, 0.2) is 24.3 Å². The van der Waals surface area contributed by atoms with Crippen LogP contribution < -0.4 is 0 Å². The Morgan fingerprint density at radius 2 is 1.76 bits per heavy atom. The molecule has 1 unspecified atom stereocenters. The molecule has 0 aromatic heterocycles. The lowest BCUT2D eigenvalue weighted by Gasteiger charge is -2.27. The van der Waals surface area contributed by atoms with Gasteiger partial charge in [0, 0.05) is 16.6 Å². The normalized spacial score (nSPS) is 13.1. The number of carbonyl (C=O) groups is 1. The summed E-state index contributed by atoms with van der Waals surface area (Å²) >= 11 is 5.79. The molecule has 0 N–H and O–H groups in total. The third kappa shape index (κ3) is 4.14. The van der Waals surface area contributed by atoms with Crippen molar-refractivity contribution in [3.63, 3.8) is 0 Å². The number of ketones is 1. The Labute approximate surface area is 109 Å². The fraction of sp³-hybridized carbons (Fsp3) is 0.500. The molecule has 0 saturated heterocycles. The Morgan fingerprint density at radius 3 is 2.24 bits per heavy atom. The van der Waals surface area contributed by atoms with Gasteiger partial charge in [0.05, 0.1) is 6.54 Å². The van der Waals surface area contributed by atoms with Gasteiger partial charge in [0.25, 0.3) is 0 Å². The van der Waals surface area contributed by atoms with Crippen molar-refractivity contribution >= 4 is 17.4 Å². The largest absolute Gasteiger partial charge is 0.296 e.